The largest absolute Gasteiger partial charge is 0.310 e. The van der Waals surface area contributed by atoms with Gasteiger partial charge < -0.3 is 5.32 Å². The Bertz CT molecular complexity index is 371. The average Bonchev–Trinajstić information content (AvgIpc) is 3.12. The fourth-order valence-electron chi connectivity index (χ4n) is 2.23. The third-order valence-electron chi connectivity index (χ3n) is 3.49. The second kappa shape index (κ2) is 5.63. The first kappa shape index (κ1) is 12.6. The molecule has 1 aromatic rings. The van der Waals surface area contributed by atoms with E-state index in [9.17, 15) is 4.39 Å². The van der Waals surface area contributed by atoms with Crippen molar-refractivity contribution in [1.82, 2.24) is 5.32 Å². The number of nitrogens with one attached hydrogen (secondary N) is 1. The molecule has 0 spiro atoms. The standard InChI is InChI=1S/C15H22FN/c1-3-8-17-15(10-12-4-5-12)13-6-7-14(16)11(2)9-13/h6-7,9,12,15,17H,3-5,8,10H2,1-2H3. The number of hydrogen-bond acceptors (Lipinski definition) is 1. The minimum absolute atomic E-state index is 0.102. The number of rotatable bonds is 6. The minimum atomic E-state index is -0.102. The van der Waals surface area contributed by atoms with Crippen LogP contribution in [0.15, 0.2) is 18.2 Å². The molecule has 0 aliphatic heterocycles. The summed E-state index contributed by atoms with van der Waals surface area (Å²) < 4.78 is 13.3. The normalized spacial score (nSPS) is 17.1. The van der Waals surface area contributed by atoms with E-state index in [4.69, 9.17) is 0 Å². The molecule has 1 aliphatic rings. The van der Waals surface area contributed by atoms with E-state index in [1.807, 2.05) is 19.1 Å². The van der Waals surface area contributed by atoms with Gasteiger partial charge >= 0.3 is 0 Å². The van der Waals surface area contributed by atoms with Crippen LogP contribution in [0, 0.1) is 18.7 Å². The van der Waals surface area contributed by atoms with E-state index in [1.165, 1.54) is 24.8 Å². The zero-order valence-electron chi connectivity index (χ0n) is 10.8. The van der Waals surface area contributed by atoms with Crippen molar-refractivity contribution in [1.29, 1.82) is 0 Å². The van der Waals surface area contributed by atoms with Crippen molar-refractivity contribution >= 4 is 0 Å². The van der Waals surface area contributed by atoms with Gasteiger partial charge in [-0.2, -0.15) is 0 Å². The summed E-state index contributed by atoms with van der Waals surface area (Å²) in [5, 5.41) is 3.58. The summed E-state index contributed by atoms with van der Waals surface area (Å²) in [5.74, 6) is 0.782. The van der Waals surface area contributed by atoms with Crippen LogP contribution < -0.4 is 5.32 Å². The highest BCUT2D eigenvalue weighted by Crippen LogP contribution is 2.37. The summed E-state index contributed by atoms with van der Waals surface area (Å²) in [7, 11) is 0. The maximum absolute atomic E-state index is 13.3. The van der Waals surface area contributed by atoms with E-state index in [1.54, 1.807) is 6.07 Å². The second-order valence-corrected chi connectivity index (χ2v) is 5.19. The van der Waals surface area contributed by atoms with Crippen LogP contribution in [0.1, 0.15) is 49.8 Å². The topological polar surface area (TPSA) is 12.0 Å². The van der Waals surface area contributed by atoms with Gasteiger partial charge in [-0.25, -0.2) is 4.39 Å². The van der Waals surface area contributed by atoms with Crippen LogP contribution in [0.3, 0.4) is 0 Å². The van der Waals surface area contributed by atoms with E-state index in [0.29, 0.717) is 6.04 Å². The summed E-state index contributed by atoms with van der Waals surface area (Å²) in [4.78, 5) is 0. The molecule has 0 bridgehead atoms. The van der Waals surface area contributed by atoms with Gasteiger partial charge in [0.05, 0.1) is 0 Å². The first-order valence-corrected chi connectivity index (χ1v) is 6.70. The van der Waals surface area contributed by atoms with E-state index in [-0.39, 0.29) is 5.82 Å². The SMILES string of the molecule is CCCNC(CC1CC1)c1ccc(F)c(C)c1. The van der Waals surface area contributed by atoms with Gasteiger partial charge in [0.15, 0.2) is 0 Å². The van der Waals surface area contributed by atoms with Gasteiger partial charge in [0.25, 0.3) is 0 Å². The van der Waals surface area contributed by atoms with Crippen molar-refractivity contribution in [3.05, 3.63) is 35.1 Å². The Hall–Kier alpha value is -0.890. The van der Waals surface area contributed by atoms with Gasteiger partial charge in [0.1, 0.15) is 5.82 Å². The molecule has 0 heterocycles. The molecule has 0 saturated heterocycles. The quantitative estimate of drug-likeness (QED) is 0.786. The molecule has 1 saturated carbocycles. The lowest BCUT2D eigenvalue weighted by atomic mass is 9.99. The molecule has 2 heteroatoms. The number of aryl methyl sites for hydroxylation is 1. The molecule has 1 atom stereocenters. The van der Waals surface area contributed by atoms with Gasteiger partial charge in [-0.1, -0.05) is 31.9 Å². The van der Waals surface area contributed by atoms with Crippen molar-refractivity contribution in [2.75, 3.05) is 6.54 Å². The highest BCUT2D eigenvalue weighted by atomic mass is 19.1. The van der Waals surface area contributed by atoms with E-state index in [2.05, 4.69) is 12.2 Å². The Morgan fingerprint density at radius 3 is 2.76 bits per heavy atom. The summed E-state index contributed by atoms with van der Waals surface area (Å²) in [6, 6.07) is 5.92. The maximum Gasteiger partial charge on any atom is 0.126 e. The molecule has 0 radical (unpaired) electrons. The highest BCUT2D eigenvalue weighted by molar-refractivity contribution is 5.26. The van der Waals surface area contributed by atoms with E-state index in [0.717, 1.165) is 24.4 Å². The van der Waals surface area contributed by atoms with Gasteiger partial charge in [0.2, 0.25) is 0 Å². The van der Waals surface area contributed by atoms with Gasteiger partial charge in [-0.05, 0) is 49.4 Å². The fourth-order valence-corrected chi connectivity index (χ4v) is 2.23. The zero-order chi connectivity index (χ0) is 12.3. The lowest BCUT2D eigenvalue weighted by Crippen LogP contribution is -2.22. The van der Waals surface area contributed by atoms with Crippen LogP contribution in [0.2, 0.25) is 0 Å². The van der Waals surface area contributed by atoms with Crippen molar-refractivity contribution in [2.24, 2.45) is 5.92 Å². The molecule has 1 unspecified atom stereocenters. The molecule has 1 aromatic carbocycles. The summed E-state index contributed by atoms with van der Waals surface area (Å²) in [6.45, 7) is 5.05. The number of halogens is 1. The maximum atomic E-state index is 13.3. The van der Waals surface area contributed by atoms with Crippen molar-refractivity contribution in [3.63, 3.8) is 0 Å². The lowest BCUT2D eigenvalue weighted by Gasteiger charge is -2.19. The summed E-state index contributed by atoms with van der Waals surface area (Å²) >= 11 is 0. The Morgan fingerprint density at radius 2 is 2.18 bits per heavy atom. The van der Waals surface area contributed by atoms with Crippen molar-refractivity contribution in [2.45, 2.75) is 45.6 Å². The first-order valence-electron chi connectivity index (χ1n) is 6.70. The van der Waals surface area contributed by atoms with Gasteiger partial charge in [-0.15, -0.1) is 0 Å². The molecule has 2 rings (SSSR count). The minimum Gasteiger partial charge on any atom is -0.310 e. The average molecular weight is 235 g/mol. The van der Waals surface area contributed by atoms with Crippen LogP contribution in [-0.4, -0.2) is 6.54 Å². The molecule has 1 fully saturated rings. The molecule has 1 N–H and O–H groups in total. The Labute approximate surface area is 103 Å². The van der Waals surface area contributed by atoms with Crippen LogP contribution >= 0.6 is 0 Å². The lowest BCUT2D eigenvalue weighted by molar-refractivity contribution is 0.473. The highest BCUT2D eigenvalue weighted by Gasteiger charge is 2.26. The third kappa shape index (κ3) is 3.53. The zero-order valence-corrected chi connectivity index (χ0v) is 10.8. The predicted octanol–water partition coefficient (Wildman–Crippen LogP) is 3.97. The van der Waals surface area contributed by atoms with Gasteiger partial charge in [0, 0.05) is 6.04 Å². The van der Waals surface area contributed by atoms with Gasteiger partial charge in [-0.3, -0.25) is 0 Å². The summed E-state index contributed by atoms with van der Waals surface area (Å²) in [5.41, 5.74) is 1.99. The number of hydrogen-bond donors (Lipinski definition) is 1. The van der Waals surface area contributed by atoms with E-state index < -0.39 is 0 Å². The molecular weight excluding hydrogens is 213 g/mol. The third-order valence-corrected chi connectivity index (χ3v) is 3.49. The fraction of sp³-hybridized carbons (Fsp3) is 0.600. The molecule has 0 amide bonds. The molecule has 17 heavy (non-hydrogen) atoms. The van der Waals surface area contributed by atoms with Crippen LogP contribution in [-0.2, 0) is 0 Å². The molecular formula is C15H22FN. The summed E-state index contributed by atoms with van der Waals surface area (Å²) in [6.07, 6.45) is 5.07. The smallest absolute Gasteiger partial charge is 0.126 e. The molecule has 1 aliphatic carbocycles. The molecule has 94 valence electrons. The Morgan fingerprint density at radius 1 is 1.41 bits per heavy atom. The van der Waals surface area contributed by atoms with Crippen LogP contribution in [0.4, 0.5) is 4.39 Å². The predicted molar refractivity (Wildman–Crippen MR) is 69.5 cm³/mol. The Balaban J connectivity index is 2.08. The first-order chi connectivity index (χ1) is 8.20. The molecule has 1 nitrogen and oxygen atoms in total. The van der Waals surface area contributed by atoms with Crippen LogP contribution in [0.5, 0.6) is 0 Å². The van der Waals surface area contributed by atoms with Crippen molar-refractivity contribution in [3.8, 4) is 0 Å². The van der Waals surface area contributed by atoms with Crippen LogP contribution in [0.25, 0.3) is 0 Å². The van der Waals surface area contributed by atoms with E-state index >= 15 is 0 Å². The monoisotopic (exact) mass is 235 g/mol. The van der Waals surface area contributed by atoms with Crippen molar-refractivity contribution < 1.29 is 4.39 Å². The Kier molecular flexibility index (Phi) is 4.16. The number of benzene rings is 1. The molecule has 0 aromatic heterocycles. The second-order valence-electron chi connectivity index (χ2n) is 5.19.